The Balaban J connectivity index is 2.62. The lowest BCUT2D eigenvalue weighted by atomic mass is 9.95. The molecule has 0 radical (unpaired) electrons. The minimum Gasteiger partial charge on any atom is -0.364 e. The number of rotatable bonds is 4. The van der Waals surface area contributed by atoms with E-state index in [2.05, 4.69) is 64.8 Å². The number of hydrogen-bond donors (Lipinski definition) is 1. The predicted molar refractivity (Wildman–Crippen MR) is 122 cm³/mol. The molecule has 0 spiro atoms. The maximum Gasteiger partial charge on any atom is 0.213 e. The van der Waals surface area contributed by atoms with Gasteiger partial charge in [0, 0.05) is 11.1 Å². The molecular formula is C26H32OSi. The zero-order chi connectivity index (χ0) is 20.8. The van der Waals surface area contributed by atoms with Crippen molar-refractivity contribution in [1.29, 1.82) is 0 Å². The summed E-state index contributed by atoms with van der Waals surface area (Å²) in [6, 6.07) is 19.3. The summed E-state index contributed by atoms with van der Waals surface area (Å²) in [7, 11) is -1.97. The lowest BCUT2D eigenvalue weighted by Gasteiger charge is -2.38. The standard InChI is InChI=1S/C26H32OSi/c1-21(2)28(22(3)4,23(5)6)20-19-26(27,25-15-11-8-12-16-25)18-17-24-13-9-7-10-14-24/h7-16,21-23,27H,1-6H3. The van der Waals surface area contributed by atoms with Gasteiger partial charge in [-0.3, -0.25) is 0 Å². The van der Waals surface area contributed by atoms with E-state index < -0.39 is 13.7 Å². The molecule has 28 heavy (non-hydrogen) atoms. The lowest BCUT2D eigenvalue weighted by Crippen LogP contribution is -2.43. The second-order valence-electron chi connectivity index (χ2n) is 8.34. The van der Waals surface area contributed by atoms with Crippen LogP contribution >= 0.6 is 0 Å². The maximum absolute atomic E-state index is 11.5. The van der Waals surface area contributed by atoms with Gasteiger partial charge >= 0.3 is 0 Å². The minimum absolute atomic E-state index is 0.502. The van der Waals surface area contributed by atoms with Crippen molar-refractivity contribution in [3.8, 4) is 23.3 Å². The molecule has 2 rings (SSSR count). The molecule has 0 aliphatic carbocycles. The van der Waals surface area contributed by atoms with Crippen molar-refractivity contribution in [3.05, 3.63) is 71.8 Å². The van der Waals surface area contributed by atoms with Crippen LogP contribution in [0, 0.1) is 23.3 Å². The first-order valence-corrected chi connectivity index (χ1v) is 12.4. The summed E-state index contributed by atoms with van der Waals surface area (Å²) in [5, 5.41) is 11.5. The Kier molecular flexibility index (Phi) is 7.31. The Morgan fingerprint density at radius 2 is 1.18 bits per heavy atom. The fraction of sp³-hybridized carbons (Fsp3) is 0.385. The quantitative estimate of drug-likeness (QED) is 0.492. The largest absolute Gasteiger partial charge is 0.364 e. The first kappa shape index (κ1) is 22.0. The SMILES string of the molecule is CC(C)[Si](C#CC(O)(C#Cc1ccccc1)c1ccccc1)(C(C)C)C(C)C. The van der Waals surface area contributed by atoms with Gasteiger partial charge in [-0.1, -0.05) is 102 Å². The molecule has 0 aliphatic rings. The molecule has 0 heterocycles. The highest BCUT2D eigenvalue weighted by molar-refractivity contribution is 6.90. The van der Waals surface area contributed by atoms with Crippen molar-refractivity contribution in [3.63, 3.8) is 0 Å². The monoisotopic (exact) mass is 388 g/mol. The topological polar surface area (TPSA) is 20.2 Å². The third kappa shape index (κ3) is 4.77. The van der Waals surface area contributed by atoms with Gasteiger partial charge in [0.15, 0.2) is 0 Å². The molecule has 146 valence electrons. The zero-order valence-electron chi connectivity index (χ0n) is 18.0. The summed E-state index contributed by atoms with van der Waals surface area (Å²) in [6.45, 7) is 13.7. The Labute approximate surface area is 172 Å². The third-order valence-electron chi connectivity index (χ3n) is 5.68. The average Bonchev–Trinajstić information content (AvgIpc) is 2.67. The molecule has 0 fully saturated rings. The molecule has 2 heteroatoms. The van der Waals surface area contributed by atoms with Crippen LogP contribution < -0.4 is 0 Å². The van der Waals surface area contributed by atoms with Crippen LogP contribution in [0.4, 0.5) is 0 Å². The van der Waals surface area contributed by atoms with Crippen LogP contribution in [0.15, 0.2) is 60.7 Å². The highest BCUT2D eigenvalue weighted by atomic mass is 28.3. The van der Waals surface area contributed by atoms with Gasteiger partial charge in [-0.05, 0) is 34.7 Å². The Hall–Kier alpha value is -2.26. The van der Waals surface area contributed by atoms with Gasteiger partial charge in [-0.2, -0.15) is 0 Å². The van der Waals surface area contributed by atoms with E-state index in [1.807, 2.05) is 60.7 Å². The van der Waals surface area contributed by atoms with Crippen molar-refractivity contribution in [1.82, 2.24) is 0 Å². The zero-order valence-corrected chi connectivity index (χ0v) is 19.0. The second-order valence-corrected chi connectivity index (χ2v) is 13.9. The van der Waals surface area contributed by atoms with Gasteiger partial charge in [0.1, 0.15) is 8.07 Å². The van der Waals surface area contributed by atoms with Gasteiger partial charge < -0.3 is 5.11 Å². The van der Waals surface area contributed by atoms with E-state index in [0.717, 1.165) is 11.1 Å². The molecule has 1 N–H and O–H groups in total. The highest BCUT2D eigenvalue weighted by Gasteiger charge is 2.42. The van der Waals surface area contributed by atoms with E-state index >= 15 is 0 Å². The van der Waals surface area contributed by atoms with Crippen molar-refractivity contribution >= 4 is 8.07 Å². The molecular weight excluding hydrogens is 356 g/mol. The molecule has 0 aromatic heterocycles. The summed E-state index contributed by atoms with van der Waals surface area (Å²) < 4.78 is 0. The van der Waals surface area contributed by atoms with Crippen LogP contribution in [0.1, 0.15) is 52.7 Å². The molecule has 1 nitrogen and oxygen atoms in total. The molecule has 0 saturated carbocycles. The number of hydrogen-bond acceptors (Lipinski definition) is 1. The lowest BCUT2D eigenvalue weighted by molar-refractivity contribution is 0.165. The maximum atomic E-state index is 11.5. The molecule has 0 bridgehead atoms. The first-order valence-electron chi connectivity index (χ1n) is 10.1. The van der Waals surface area contributed by atoms with Crippen LogP contribution in [0.2, 0.25) is 16.6 Å². The van der Waals surface area contributed by atoms with Crippen molar-refractivity contribution in [2.75, 3.05) is 0 Å². The van der Waals surface area contributed by atoms with Crippen molar-refractivity contribution in [2.24, 2.45) is 0 Å². The Morgan fingerprint density at radius 3 is 1.64 bits per heavy atom. The van der Waals surface area contributed by atoms with E-state index in [4.69, 9.17) is 0 Å². The summed E-state index contributed by atoms with van der Waals surface area (Å²) in [5.74, 6) is 9.45. The first-order chi connectivity index (χ1) is 13.2. The fourth-order valence-corrected chi connectivity index (χ4v) is 9.43. The predicted octanol–water partition coefficient (Wildman–Crippen LogP) is 6.15. The van der Waals surface area contributed by atoms with Crippen LogP contribution in [-0.4, -0.2) is 13.2 Å². The normalized spacial score (nSPS) is 13.5. The van der Waals surface area contributed by atoms with E-state index in [1.165, 1.54) is 0 Å². The van der Waals surface area contributed by atoms with Gasteiger partial charge in [0.05, 0.1) is 0 Å². The average molecular weight is 389 g/mol. The molecule has 0 amide bonds. The fourth-order valence-electron chi connectivity index (χ4n) is 4.17. The molecule has 2 aromatic carbocycles. The van der Waals surface area contributed by atoms with E-state index in [-0.39, 0.29) is 0 Å². The summed E-state index contributed by atoms with van der Waals surface area (Å²) in [5.41, 5.74) is 5.27. The van der Waals surface area contributed by atoms with Crippen LogP contribution in [-0.2, 0) is 5.60 Å². The highest BCUT2D eigenvalue weighted by Crippen LogP contribution is 2.41. The van der Waals surface area contributed by atoms with E-state index in [9.17, 15) is 5.11 Å². The van der Waals surface area contributed by atoms with Gasteiger partial charge in [-0.15, -0.1) is 5.54 Å². The second kappa shape index (κ2) is 9.29. The van der Waals surface area contributed by atoms with Crippen molar-refractivity contribution < 1.29 is 5.11 Å². The van der Waals surface area contributed by atoms with Gasteiger partial charge in [0.25, 0.3) is 0 Å². The van der Waals surface area contributed by atoms with E-state index in [0.29, 0.717) is 16.6 Å². The number of benzene rings is 2. The van der Waals surface area contributed by atoms with E-state index in [1.54, 1.807) is 0 Å². The minimum atomic E-state index is -1.97. The third-order valence-corrected chi connectivity index (χ3v) is 12.0. The van der Waals surface area contributed by atoms with Crippen LogP contribution in [0.3, 0.4) is 0 Å². The summed E-state index contributed by atoms with van der Waals surface area (Å²) in [6.07, 6.45) is 0. The van der Waals surface area contributed by atoms with Crippen LogP contribution in [0.25, 0.3) is 0 Å². The summed E-state index contributed by atoms with van der Waals surface area (Å²) in [4.78, 5) is 0. The number of aliphatic hydroxyl groups is 1. The summed E-state index contributed by atoms with van der Waals surface area (Å²) >= 11 is 0. The Bertz CT molecular complexity index is 854. The van der Waals surface area contributed by atoms with Gasteiger partial charge in [-0.25, -0.2) is 0 Å². The Morgan fingerprint density at radius 1 is 0.714 bits per heavy atom. The van der Waals surface area contributed by atoms with Crippen molar-refractivity contribution in [2.45, 2.75) is 63.8 Å². The molecule has 2 aromatic rings. The molecule has 1 atom stereocenters. The smallest absolute Gasteiger partial charge is 0.213 e. The molecule has 0 aliphatic heterocycles. The molecule has 1 unspecified atom stereocenters. The van der Waals surface area contributed by atoms with Crippen LogP contribution in [0.5, 0.6) is 0 Å². The molecule has 0 saturated heterocycles. The van der Waals surface area contributed by atoms with Gasteiger partial charge in [0.2, 0.25) is 5.60 Å².